The number of rotatable bonds is 3. The molecule has 0 bridgehead atoms. The lowest BCUT2D eigenvalue weighted by Crippen LogP contribution is -2.36. The summed E-state index contributed by atoms with van der Waals surface area (Å²) < 4.78 is 11.2. The van der Waals surface area contributed by atoms with Crippen molar-refractivity contribution in [2.24, 2.45) is 0 Å². The molecule has 1 aromatic heterocycles. The molecule has 0 unspecified atom stereocenters. The first-order valence-corrected chi connectivity index (χ1v) is 8.91. The second-order valence-corrected chi connectivity index (χ2v) is 7.62. The SMILES string of the molecule is CC(C)(C)OC(=O)NC[C@@H]1OCCc2c(-c3cncs3)cccc21. The van der Waals surface area contributed by atoms with E-state index in [9.17, 15) is 4.79 Å². The van der Waals surface area contributed by atoms with Gasteiger partial charge in [-0.15, -0.1) is 11.3 Å². The van der Waals surface area contributed by atoms with Crippen LogP contribution in [-0.2, 0) is 15.9 Å². The van der Waals surface area contributed by atoms with E-state index in [4.69, 9.17) is 9.47 Å². The molecule has 0 radical (unpaired) electrons. The van der Waals surface area contributed by atoms with Gasteiger partial charge >= 0.3 is 6.09 Å². The first kappa shape index (κ1) is 16.9. The number of fused-ring (bicyclic) bond motifs is 1. The summed E-state index contributed by atoms with van der Waals surface area (Å²) in [6.45, 7) is 6.58. The van der Waals surface area contributed by atoms with Crippen LogP contribution in [0, 0.1) is 0 Å². The van der Waals surface area contributed by atoms with Gasteiger partial charge in [-0.3, -0.25) is 4.98 Å². The van der Waals surface area contributed by atoms with Gasteiger partial charge in [-0.1, -0.05) is 18.2 Å². The third-order valence-corrected chi connectivity index (χ3v) is 4.57. The Hall–Kier alpha value is -1.92. The number of amides is 1. The number of carbonyl (C=O) groups excluding carboxylic acids is 1. The van der Waals surface area contributed by atoms with Crippen LogP contribution in [0.4, 0.5) is 4.79 Å². The maximum Gasteiger partial charge on any atom is 0.407 e. The van der Waals surface area contributed by atoms with Gasteiger partial charge < -0.3 is 14.8 Å². The van der Waals surface area contributed by atoms with E-state index in [1.165, 1.54) is 11.1 Å². The van der Waals surface area contributed by atoms with Crippen LogP contribution in [-0.4, -0.2) is 29.8 Å². The molecule has 5 nitrogen and oxygen atoms in total. The van der Waals surface area contributed by atoms with Crippen LogP contribution in [0.3, 0.4) is 0 Å². The van der Waals surface area contributed by atoms with Crippen molar-refractivity contribution in [1.82, 2.24) is 10.3 Å². The molecule has 2 heterocycles. The Morgan fingerprint density at radius 3 is 3.00 bits per heavy atom. The van der Waals surface area contributed by atoms with Crippen LogP contribution in [0.2, 0.25) is 0 Å². The number of ether oxygens (including phenoxy) is 2. The van der Waals surface area contributed by atoms with Gasteiger partial charge in [-0.25, -0.2) is 4.79 Å². The van der Waals surface area contributed by atoms with Crippen molar-refractivity contribution in [2.45, 2.75) is 38.9 Å². The number of hydrogen-bond donors (Lipinski definition) is 1. The Labute approximate surface area is 146 Å². The van der Waals surface area contributed by atoms with Crippen molar-refractivity contribution in [2.75, 3.05) is 13.2 Å². The van der Waals surface area contributed by atoms with Gasteiger partial charge in [0, 0.05) is 6.20 Å². The van der Waals surface area contributed by atoms with Gasteiger partial charge in [0.1, 0.15) is 11.7 Å². The second-order valence-electron chi connectivity index (χ2n) is 6.73. The molecule has 2 aromatic rings. The summed E-state index contributed by atoms with van der Waals surface area (Å²) in [7, 11) is 0. The molecular weight excluding hydrogens is 324 g/mol. The summed E-state index contributed by atoms with van der Waals surface area (Å²) in [6, 6.07) is 6.22. The number of hydrogen-bond acceptors (Lipinski definition) is 5. The van der Waals surface area contributed by atoms with Crippen LogP contribution < -0.4 is 5.32 Å². The monoisotopic (exact) mass is 346 g/mol. The highest BCUT2D eigenvalue weighted by molar-refractivity contribution is 7.13. The van der Waals surface area contributed by atoms with E-state index in [1.807, 2.05) is 38.5 Å². The summed E-state index contributed by atoms with van der Waals surface area (Å²) in [5, 5.41) is 2.81. The summed E-state index contributed by atoms with van der Waals surface area (Å²) >= 11 is 1.63. The number of alkyl carbamates (subject to hydrolysis) is 1. The fourth-order valence-corrected chi connectivity index (χ4v) is 3.49. The van der Waals surface area contributed by atoms with Gasteiger partial charge in [0.25, 0.3) is 0 Å². The highest BCUT2D eigenvalue weighted by Crippen LogP contribution is 2.35. The molecule has 0 saturated carbocycles. The van der Waals surface area contributed by atoms with Crippen molar-refractivity contribution >= 4 is 17.4 Å². The van der Waals surface area contributed by atoms with Crippen LogP contribution in [0.5, 0.6) is 0 Å². The van der Waals surface area contributed by atoms with Crippen LogP contribution >= 0.6 is 11.3 Å². The molecular formula is C18H22N2O3S. The fourth-order valence-electron chi connectivity index (χ4n) is 2.82. The highest BCUT2D eigenvalue weighted by atomic mass is 32.1. The van der Waals surface area contributed by atoms with Gasteiger partial charge in [0.2, 0.25) is 0 Å². The van der Waals surface area contributed by atoms with Gasteiger partial charge in [0.05, 0.1) is 23.5 Å². The number of carbonyl (C=O) groups is 1. The number of thiazole rings is 1. The molecule has 1 atom stereocenters. The molecule has 1 aliphatic rings. The molecule has 128 valence electrons. The van der Waals surface area contributed by atoms with Crippen molar-refractivity contribution in [3.05, 3.63) is 41.0 Å². The second kappa shape index (κ2) is 6.91. The lowest BCUT2D eigenvalue weighted by molar-refractivity contribution is 0.0290. The van der Waals surface area contributed by atoms with E-state index in [0.29, 0.717) is 13.2 Å². The highest BCUT2D eigenvalue weighted by Gasteiger charge is 2.25. The van der Waals surface area contributed by atoms with Gasteiger partial charge in [-0.2, -0.15) is 0 Å². The third kappa shape index (κ3) is 3.94. The van der Waals surface area contributed by atoms with Crippen molar-refractivity contribution in [3.63, 3.8) is 0 Å². The molecule has 0 saturated heterocycles. The van der Waals surface area contributed by atoms with E-state index in [0.717, 1.165) is 16.9 Å². The number of nitrogens with zero attached hydrogens (tertiary/aromatic N) is 1. The van der Waals surface area contributed by atoms with Crippen molar-refractivity contribution in [1.29, 1.82) is 0 Å². The minimum atomic E-state index is -0.505. The van der Waals surface area contributed by atoms with Gasteiger partial charge in [-0.05, 0) is 43.9 Å². The maximum atomic E-state index is 11.9. The molecule has 1 amide bonds. The van der Waals surface area contributed by atoms with Crippen LogP contribution in [0.25, 0.3) is 10.4 Å². The van der Waals surface area contributed by atoms with E-state index in [2.05, 4.69) is 22.4 Å². The first-order chi connectivity index (χ1) is 11.4. The maximum absolute atomic E-state index is 11.9. The zero-order valence-corrected chi connectivity index (χ0v) is 15.0. The Kier molecular flexibility index (Phi) is 4.87. The Bertz CT molecular complexity index is 708. The minimum Gasteiger partial charge on any atom is -0.444 e. The van der Waals surface area contributed by atoms with Crippen LogP contribution in [0.1, 0.15) is 38.0 Å². The minimum absolute atomic E-state index is 0.158. The molecule has 3 rings (SSSR count). The number of aromatic nitrogens is 1. The normalized spacial score (nSPS) is 17.2. The van der Waals surface area contributed by atoms with Crippen molar-refractivity contribution < 1.29 is 14.3 Å². The third-order valence-electron chi connectivity index (χ3n) is 3.76. The lowest BCUT2D eigenvalue weighted by atomic mass is 9.92. The largest absolute Gasteiger partial charge is 0.444 e. The zero-order valence-electron chi connectivity index (χ0n) is 14.2. The molecule has 1 aliphatic heterocycles. The number of benzene rings is 1. The van der Waals surface area contributed by atoms with Crippen LogP contribution in [0.15, 0.2) is 29.9 Å². The topological polar surface area (TPSA) is 60.5 Å². The smallest absolute Gasteiger partial charge is 0.407 e. The van der Waals surface area contributed by atoms with E-state index >= 15 is 0 Å². The summed E-state index contributed by atoms with van der Waals surface area (Å²) in [5.74, 6) is 0. The molecule has 24 heavy (non-hydrogen) atoms. The molecule has 1 N–H and O–H groups in total. The first-order valence-electron chi connectivity index (χ1n) is 8.03. The van der Waals surface area contributed by atoms with E-state index < -0.39 is 11.7 Å². The number of nitrogens with one attached hydrogen (secondary N) is 1. The average Bonchev–Trinajstić information content (AvgIpc) is 3.05. The van der Waals surface area contributed by atoms with E-state index in [-0.39, 0.29) is 6.10 Å². The Morgan fingerprint density at radius 1 is 1.46 bits per heavy atom. The lowest BCUT2D eigenvalue weighted by Gasteiger charge is -2.28. The predicted molar refractivity (Wildman–Crippen MR) is 94.2 cm³/mol. The van der Waals surface area contributed by atoms with Gasteiger partial charge in [0.15, 0.2) is 0 Å². The Balaban J connectivity index is 1.75. The summed E-state index contributed by atoms with van der Waals surface area (Å²) in [6.07, 6.45) is 2.18. The quantitative estimate of drug-likeness (QED) is 0.914. The summed E-state index contributed by atoms with van der Waals surface area (Å²) in [4.78, 5) is 17.2. The average molecular weight is 346 g/mol. The standard InChI is InChI=1S/C18H22N2O3S/c1-18(2,3)23-17(21)20-9-15-13-5-4-6-14(12(13)7-8-22-15)16-10-19-11-24-16/h4-6,10-11,15H,7-9H2,1-3H3,(H,20,21)/t15-/m0/s1. The molecule has 0 aliphatic carbocycles. The molecule has 0 spiro atoms. The van der Waals surface area contributed by atoms with E-state index in [1.54, 1.807) is 11.3 Å². The fraction of sp³-hybridized carbons (Fsp3) is 0.444. The summed E-state index contributed by atoms with van der Waals surface area (Å²) in [5.41, 5.74) is 4.96. The molecule has 0 fully saturated rings. The predicted octanol–water partition coefficient (Wildman–Crippen LogP) is 3.95. The zero-order chi connectivity index (χ0) is 17.2. The Morgan fingerprint density at radius 2 is 2.29 bits per heavy atom. The molecule has 6 heteroatoms. The molecule has 1 aromatic carbocycles. The van der Waals surface area contributed by atoms with Crippen molar-refractivity contribution in [3.8, 4) is 10.4 Å².